The zero-order valence-electron chi connectivity index (χ0n) is 14.9. The molecule has 1 aromatic heterocycles. The van der Waals surface area contributed by atoms with Gasteiger partial charge in [-0.1, -0.05) is 0 Å². The Morgan fingerprint density at radius 2 is 1.86 bits per heavy atom. The third kappa shape index (κ3) is 4.34. The summed E-state index contributed by atoms with van der Waals surface area (Å²) in [6.45, 7) is 1.37. The van der Waals surface area contributed by atoms with Gasteiger partial charge in [0.25, 0.3) is 5.91 Å². The van der Waals surface area contributed by atoms with Gasteiger partial charge in [0.05, 0.1) is 11.3 Å². The Bertz CT molecular complexity index is 966. The molecule has 1 saturated heterocycles. The summed E-state index contributed by atoms with van der Waals surface area (Å²) in [7, 11) is 0. The van der Waals surface area contributed by atoms with E-state index in [0.717, 1.165) is 11.1 Å². The maximum atomic E-state index is 12.8. The van der Waals surface area contributed by atoms with Gasteiger partial charge in [-0.15, -0.1) is 0 Å². The van der Waals surface area contributed by atoms with Gasteiger partial charge in [0.1, 0.15) is 6.04 Å². The fourth-order valence-electron chi connectivity index (χ4n) is 2.88. The standard InChI is InChI=1S/C18H14F3N3O4S/c1-10-15(25)24(12-2-4-13(5-3-12)29-18(19,20)21)17(28)23(10)9-11-6-7-22-8-14(11)16(26)27/h2-8,10H,9H2,1H3,(H,26,27). The lowest BCUT2D eigenvalue weighted by Gasteiger charge is -2.20. The van der Waals surface area contributed by atoms with Crippen LogP contribution in [-0.4, -0.2) is 44.4 Å². The van der Waals surface area contributed by atoms with Gasteiger partial charge in [-0.25, -0.2) is 14.5 Å². The SMILES string of the molecule is CC1C(=O)N(c2ccc(SC(F)(F)F)cc2)C(=O)N1Cc1ccncc1C(=O)O. The highest BCUT2D eigenvalue weighted by Crippen LogP contribution is 2.38. The molecule has 2 aromatic rings. The number of urea groups is 1. The Morgan fingerprint density at radius 1 is 1.21 bits per heavy atom. The predicted octanol–water partition coefficient (Wildman–Crippen LogP) is 3.75. The molecule has 1 N–H and O–H groups in total. The van der Waals surface area contributed by atoms with Crippen LogP contribution in [-0.2, 0) is 11.3 Å². The molecule has 1 aliphatic heterocycles. The Hall–Kier alpha value is -3.08. The molecule has 3 rings (SSSR count). The number of alkyl halides is 3. The van der Waals surface area contributed by atoms with Crippen LogP contribution < -0.4 is 4.90 Å². The number of carboxylic acid groups (broad SMARTS) is 1. The summed E-state index contributed by atoms with van der Waals surface area (Å²) in [5, 5.41) is 9.26. The van der Waals surface area contributed by atoms with Gasteiger partial charge in [0.15, 0.2) is 0 Å². The molecule has 29 heavy (non-hydrogen) atoms. The first-order chi connectivity index (χ1) is 13.6. The van der Waals surface area contributed by atoms with Crippen molar-refractivity contribution in [3.63, 3.8) is 0 Å². The third-order valence-corrected chi connectivity index (χ3v) is 5.03. The first kappa shape index (κ1) is 20.6. The number of imide groups is 1. The van der Waals surface area contributed by atoms with Crippen molar-refractivity contribution in [3.8, 4) is 0 Å². The Kier molecular flexibility index (Phi) is 5.51. The van der Waals surface area contributed by atoms with E-state index in [4.69, 9.17) is 0 Å². The predicted molar refractivity (Wildman–Crippen MR) is 97.4 cm³/mol. The zero-order valence-corrected chi connectivity index (χ0v) is 15.7. The highest BCUT2D eigenvalue weighted by molar-refractivity contribution is 8.00. The number of amides is 3. The molecule has 1 aromatic carbocycles. The molecule has 0 saturated carbocycles. The van der Waals surface area contributed by atoms with Crippen LogP contribution in [0, 0.1) is 0 Å². The number of carbonyl (C=O) groups excluding carboxylic acids is 2. The molecule has 2 heterocycles. The number of aromatic carboxylic acids is 1. The largest absolute Gasteiger partial charge is 0.478 e. The fourth-order valence-corrected chi connectivity index (χ4v) is 3.42. The van der Waals surface area contributed by atoms with E-state index in [1.54, 1.807) is 0 Å². The third-order valence-electron chi connectivity index (χ3n) is 4.29. The van der Waals surface area contributed by atoms with Gasteiger partial charge >= 0.3 is 17.5 Å². The summed E-state index contributed by atoms with van der Waals surface area (Å²) in [6, 6.07) is 4.75. The maximum absolute atomic E-state index is 12.8. The summed E-state index contributed by atoms with van der Waals surface area (Å²) in [4.78, 5) is 42.5. The van der Waals surface area contributed by atoms with Gasteiger partial charge in [0.2, 0.25) is 0 Å². The molecule has 1 unspecified atom stereocenters. The van der Waals surface area contributed by atoms with Crippen LogP contribution in [0.4, 0.5) is 23.7 Å². The first-order valence-electron chi connectivity index (χ1n) is 8.25. The van der Waals surface area contributed by atoms with Crippen molar-refractivity contribution in [1.29, 1.82) is 0 Å². The van der Waals surface area contributed by atoms with Crippen LogP contribution >= 0.6 is 11.8 Å². The molecule has 11 heteroatoms. The van der Waals surface area contributed by atoms with E-state index in [0.29, 0.717) is 5.56 Å². The normalized spacial score (nSPS) is 17.2. The van der Waals surface area contributed by atoms with Crippen molar-refractivity contribution in [2.45, 2.75) is 29.9 Å². The summed E-state index contributed by atoms with van der Waals surface area (Å²) in [5.41, 5.74) is -4.10. The van der Waals surface area contributed by atoms with Gasteiger partial charge in [-0.05, 0) is 54.6 Å². The van der Waals surface area contributed by atoms with E-state index in [2.05, 4.69) is 4.98 Å². The molecule has 0 aliphatic carbocycles. The number of carboxylic acids is 1. The number of hydrogen-bond acceptors (Lipinski definition) is 5. The Balaban J connectivity index is 1.84. The molecule has 0 radical (unpaired) electrons. The molecule has 7 nitrogen and oxygen atoms in total. The fraction of sp³-hybridized carbons (Fsp3) is 0.222. The summed E-state index contributed by atoms with van der Waals surface area (Å²) < 4.78 is 37.4. The van der Waals surface area contributed by atoms with Crippen molar-refractivity contribution in [2.75, 3.05) is 4.90 Å². The molecule has 1 fully saturated rings. The van der Waals surface area contributed by atoms with Crippen LogP contribution in [0.25, 0.3) is 0 Å². The second kappa shape index (κ2) is 7.74. The number of anilines is 1. The van der Waals surface area contributed by atoms with Gasteiger partial charge in [-0.2, -0.15) is 13.2 Å². The van der Waals surface area contributed by atoms with E-state index in [-0.39, 0.29) is 34.5 Å². The number of benzene rings is 1. The average Bonchev–Trinajstić information content (AvgIpc) is 2.85. The van der Waals surface area contributed by atoms with Crippen molar-refractivity contribution < 1.29 is 32.7 Å². The molecular weight excluding hydrogens is 411 g/mol. The minimum absolute atomic E-state index is 0.0758. The zero-order chi connectivity index (χ0) is 21.3. The summed E-state index contributed by atoms with van der Waals surface area (Å²) >= 11 is -0.300. The minimum atomic E-state index is -4.45. The number of nitrogens with zero attached hydrogens (tertiary/aromatic N) is 3. The van der Waals surface area contributed by atoms with Crippen LogP contribution in [0.5, 0.6) is 0 Å². The van der Waals surface area contributed by atoms with Crippen LogP contribution in [0.1, 0.15) is 22.8 Å². The Morgan fingerprint density at radius 3 is 2.45 bits per heavy atom. The molecule has 0 bridgehead atoms. The molecule has 1 aliphatic rings. The lowest BCUT2D eigenvalue weighted by molar-refractivity contribution is -0.119. The van der Waals surface area contributed by atoms with E-state index in [1.807, 2.05) is 0 Å². The maximum Gasteiger partial charge on any atom is 0.446 e. The lowest BCUT2D eigenvalue weighted by Crippen LogP contribution is -2.34. The Labute approximate surface area is 167 Å². The van der Waals surface area contributed by atoms with Gasteiger partial charge < -0.3 is 10.0 Å². The first-order valence-corrected chi connectivity index (χ1v) is 9.06. The quantitative estimate of drug-likeness (QED) is 0.580. The summed E-state index contributed by atoms with van der Waals surface area (Å²) in [5.74, 6) is -1.77. The average molecular weight is 425 g/mol. The number of halogens is 3. The second-order valence-corrected chi connectivity index (χ2v) is 7.28. The number of carbonyl (C=O) groups is 3. The van der Waals surface area contributed by atoms with Crippen LogP contribution in [0.2, 0.25) is 0 Å². The smallest absolute Gasteiger partial charge is 0.446 e. The van der Waals surface area contributed by atoms with Gasteiger partial charge in [0, 0.05) is 23.8 Å². The van der Waals surface area contributed by atoms with Crippen molar-refractivity contribution in [2.24, 2.45) is 0 Å². The molecule has 1 atom stereocenters. The lowest BCUT2D eigenvalue weighted by atomic mass is 10.1. The van der Waals surface area contributed by atoms with Crippen molar-refractivity contribution in [3.05, 3.63) is 53.9 Å². The number of thioether (sulfide) groups is 1. The topological polar surface area (TPSA) is 90.8 Å². The van der Waals surface area contributed by atoms with E-state index in [1.165, 1.54) is 48.4 Å². The van der Waals surface area contributed by atoms with Crippen molar-refractivity contribution in [1.82, 2.24) is 9.88 Å². The van der Waals surface area contributed by atoms with E-state index >= 15 is 0 Å². The van der Waals surface area contributed by atoms with E-state index < -0.39 is 29.5 Å². The van der Waals surface area contributed by atoms with Crippen LogP contribution in [0.3, 0.4) is 0 Å². The molecule has 0 spiro atoms. The van der Waals surface area contributed by atoms with Gasteiger partial charge in [-0.3, -0.25) is 9.78 Å². The molecule has 3 amide bonds. The molecule has 152 valence electrons. The highest BCUT2D eigenvalue weighted by atomic mass is 32.2. The monoisotopic (exact) mass is 425 g/mol. The highest BCUT2D eigenvalue weighted by Gasteiger charge is 2.43. The number of hydrogen-bond donors (Lipinski definition) is 1. The summed E-state index contributed by atoms with van der Waals surface area (Å²) in [6.07, 6.45) is 2.53. The number of aromatic nitrogens is 1. The minimum Gasteiger partial charge on any atom is -0.478 e. The molecular formula is C18H14F3N3O4S. The number of rotatable bonds is 5. The second-order valence-electron chi connectivity index (χ2n) is 6.14. The van der Waals surface area contributed by atoms with Crippen LogP contribution in [0.15, 0.2) is 47.6 Å². The van der Waals surface area contributed by atoms with Crippen molar-refractivity contribution >= 4 is 35.4 Å². The number of pyridine rings is 1. The van der Waals surface area contributed by atoms with E-state index in [9.17, 15) is 32.7 Å².